The van der Waals surface area contributed by atoms with Crippen LogP contribution in [-0.2, 0) is 4.79 Å². The van der Waals surface area contributed by atoms with Crippen LogP contribution in [0, 0.1) is 13.8 Å². The molecule has 0 N–H and O–H groups in total. The van der Waals surface area contributed by atoms with E-state index in [0.29, 0.717) is 0 Å². The first kappa shape index (κ1) is 13.2. The van der Waals surface area contributed by atoms with E-state index in [1.165, 1.54) is 16.8 Å². The molecule has 0 saturated carbocycles. The molecule has 4 heteroatoms. The van der Waals surface area contributed by atoms with Gasteiger partial charge in [0.05, 0.1) is 0 Å². The third-order valence-electron chi connectivity index (χ3n) is 3.45. The van der Waals surface area contributed by atoms with Crippen molar-refractivity contribution < 1.29 is 4.79 Å². The molecule has 3 nitrogen and oxygen atoms in total. The minimum atomic E-state index is 0.0391. The van der Waals surface area contributed by atoms with E-state index in [1.54, 1.807) is 0 Å². The molecule has 1 amide bonds. The average Bonchev–Trinajstić information content (AvgIpc) is 2.41. The number of hydrogen-bond donors (Lipinski definition) is 0. The zero-order chi connectivity index (χ0) is 13.1. The summed E-state index contributed by atoms with van der Waals surface area (Å²) in [6, 6.07) is 6.50. The first-order chi connectivity index (χ1) is 8.61. The molecule has 98 valence electrons. The van der Waals surface area contributed by atoms with Crippen molar-refractivity contribution in [1.82, 2.24) is 4.90 Å². The van der Waals surface area contributed by atoms with Crippen LogP contribution in [-0.4, -0.2) is 42.9 Å². The Balaban J connectivity index is 2.05. The Labute approximate surface area is 113 Å². The van der Waals surface area contributed by atoms with Gasteiger partial charge in [-0.2, -0.15) is 0 Å². The smallest absolute Gasteiger partial charge is 0.237 e. The number of halogens is 1. The van der Waals surface area contributed by atoms with Crippen LogP contribution in [0.5, 0.6) is 0 Å². The topological polar surface area (TPSA) is 23.6 Å². The van der Waals surface area contributed by atoms with Gasteiger partial charge in [0.15, 0.2) is 0 Å². The van der Waals surface area contributed by atoms with E-state index in [1.807, 2.05) is 4.90 Å². The first-order valence-corrected chi connectivity index (χ1v) is 6.81. The molecule has 0 unspecified atom stereocenters. The van der Waals surface area contributed by atoms with E-state index in [2.05, 4.69) is 36.9 Å². The van der Waals surface area contributed by atoms with Crippen molar-refractivity contribution in [2.75, 3.05) is 37.0 Å². The lowest BCUT2D eigenvalue weighted by atomic mass is 10.1. The van der Waals surface area contributed by atoms with Gasteiger partial charge in [-0.1, -0.05) is 12.1 Å². The minimum Gasteiger partial charge on any atom is -0.368 e. The number of rotatable bonds is 2. The Hall–Kier alpha value is -1.22. The van der Waals surface area contributed by atoms with Crippen LogP contribution in [0.2, 0.25) is 0 Å². The minimum absolute atomic E-state index is 0.0391. The molecule has 1 heterocycles. The zero-order valence-electron chi connectivity index (χ0n) is 10.9. The molecule has 1 aromatic rings. The summed E-state index contributed by atoms with van der Waals surface area (Å²) in [4.78, 5) is 15.7. The molecule has 18 heavy (non-hydrogen) atoms. The highest BCUT2D eigenvalue weighted by Crippen LogP contribution is 2.22. The maximum Gasteiger partial charge on any atom is 0.237 e. The number of piperazine rings is 1. The van der Waals surface area contributed by atoms with Gasteiger partial charge < -0.3 is 9.80 Å². The van der Waals surface area contributed by atoms with Crippen molar-refractivity contribution in [1.29, 1.82) is 0 Å². The lowest BCUT2D eigenvalue weighted by molar-refractivity contribution is -0.128. The van der Waals surface area contributed by atoms with Crippen LogP contribution >= 0.6 is 11.6 Å². The summed E-state index contributed by atoms with van der Waals surface area (Å²) in [6.45, 7) is 7.53. The predicted octanol–water partition coefficient (Wildman–Crippen LogP) is 2.19. The van der Waals surface area contributed by atoms with Crippen molar-refractivity contribution in [3.05, 3.63) is 29.3 Å². The lowest BCUT2D eigenvalue weighted by Crippen LogP contribution is -2.49. The molecule has 0 atom stereocenters. The number of carbonyl (C=O) groups is 1. The van der Waals surface area contributed by atoms with Gasteiger partial charge in [-0.05, 0) is 31.0 Å². The predicted molar refractivity (Wildman–Crippen MR) is 75.4 cm³/mol. The first-order valence-electron chi connectivity index (χ1n) is 6.28. The Bertz CT molecular complexity index is 439. The number of anilines is 1. The van der Waals surface area contributed by atoms with Gasteiger partial charge in [-0.25, -0.2) is 0 Å². The average molecular weight is 267 g/mol. The number of hydrogen-bond acceptors (Lipinski definition) is 2. The van der Waals surface area contributed by atoms with Gasteiger partial charge in [0.2, 0.25) is 5.91 Å². The Morgan fingerprint density at radius 1 is 1.22 bits per heavy atom. The number of alkyl halides is 1. The standard InChI is InChI=1S/C14H19ClN2O/c1-11-3-4-12(2)13(9-11)16-5-7-17(8-6-16)14(18)10-15/h3-4,9H,5-8,10H2,1-2H3. The summed E-state index contributed by atoms with van der Waals surface area (Å²) >= 11 is 5.58. The highest BCUT2D eigenvalue weighted by molar-refractivity contribution is 6.27. The van der Waals surface area contributed by atoms with Crippen molar-refractivity contribution in [3.63, 3.8) is 0 Å². The fraction of sp³-hybridized carbons (Fsp3) is 0.500. The molecule has 0 radical (unpaired) electrons. The summed E-state index contributed by atoms with van der Waals surface area (Å²) in [5, 5.41) is 0. The number of benzene rings is 1. The van der Waals surface area contributed by atoms with Crippen molar-refractivity contribution >= 4 is 23.2 Å². The van der Waals surface area contributed by atoms with Crippen LogP contribution < -0.4 is 4.90 Å². The van der Waals surface area contributed by atoms with Gasteiger partial charge in [0.1, 0.15) is 5.88 Å². The molecule has 0 aliphatic carbocycles. The summed E-state index contributed by atoms with van der Waals surface area (Å²) in [7, 11) is 0. The van der Waals surface area contributed by atoms with E-state index in [4.69, 9.17) is 11.6 Å². The molecule has 1 fully saturated rings. The van der Waals surface area contributed by atoms with Crippen LogP contribution in [0.1, 0.15) is 11.1 Å². The maximum atomic E-state index is 11.5. The van der Waals surface area contributed by atoms with Crippen molar-refractivity contribution in [2.24, 2.45) is 0 Å². The van der Waals surface area contributed by atoms with E-state index in [-0.39, 0.29) is 11.8 Å². The second-order valence-electron chi connectivity index (χ2n) is 4.79. The van der Waals surface area contributed by atoms with Crippen LogP contribution in [0.4, 0.5) is 5.69 Å². The summed E-state index contributed by atoms with van der Waals surface area (Å²) in [5.74, 6) is 0.126. The summed E-state index contributed by atoms with van der Waals surface area (Å²) in [6.07, 6.45) is 0. The quantitative estimate of drug-likeness (QED) is 0.766. The largest absolute Gasteiger partial charge is 0.368 e. The molecule has 0 spiro atoms. The van der Waals surface area contributed by atoms with Gasteiger partial charge in [-0.3, -0.25) is 4.79 Å². The third kappa shape index (κ3) is 2.78. The second kappa shape index (κ2) is 5.61. The highest BCUT2D eigenvalue weighted by atomic mass is 35.5. The van der Waals surface area contributed by atoms with Crippen LogP contribution in [0.25, 0.3) is 0 Å². The molecule has 1 aromatic carbocycles. The number of amides is 1. The molecule has 1 aliphatic heterocycles. The summed E-state index contributed by atoms with van der Waals surface area (Å²) in [5.41, 5.74) is 3.85. The number of nitrogens with zero attached hydrogens (tertiary/aromatic N) is 2. The van der Waals surface area contributed by atoms with E-state index in [0.717, 1.165) is 26.2 Å². The van der Waals surface area contributed by atoms with Crippen molar-refractivity contribution in [2.45, 2.75) is 13.8 Å². The normalized spacial score (nSPS) is 15.9. The SMILES string of the molecule is Cc1ccc(C)c(N2CCN(C(=O)CCl)CC2)c1. The maximum absolute atomic E-state index is 11.5. The van der Waals surface area contributed by atoms with E-state index < -0.39 is 0 Å². The lowest BCUT2D eigenvalue weighted by Gasteiger charge is -2.36. The third-order valence-corrected chi connectivity index (χ3v) is 3.68. The monoisotopic (exact) mass is 266 g/mol. The Morgan fingerprint density at radius 2 is 1.89 bits per heavy atom. The number of carbonyl (C=O) groups excluding carboxylic acids is 1. The molecular weight excluding hydrogens is 248 g/mol. The molecule has 1 aliphatic rings. The van der Waals surface area contributed by atoms with E-state index >= 15 is 0 Å². The van der Waals surface area contributed by atoms with Gasteiger partial charge in [0, 0.05) is 31.9 Å². The van der Waals surface area contributed by atoms with Crippen LogP contribution in [0.15, 0.2) is 18.2 Å². The fourth-order valence-corrected chi connectivity index (χ4v) is 2.51. The van der Waals surface area contributed by atoms with Gasteiger partial charge >= 0.3 is 0 Å². The summed E-state index contributed by atoms with van der Waals surface area (Å²) < 4.78 is 0. The second-order valence-corrected chi connectivity index (χ2v) is 5.06. The fourth-order valence-electron chi connectivity index (χ4n) is 2.34. The molecular formula is C14H19ClN2O. The van der Waals surface area contributed by atoms with Gasteiger partial charge in [-0.15, -0.1) is 11.6 Å². The Kier molecular flexibility index (Phi) is 4.12. The van der Waals surface area contributed by atoms with Crippen LogP contribution in [0.3, 0.4) is 0 Å². The van der Waals surface area contributed by atoms with Crippen molar-refractivity contribution in [3.8, 4) is 0 Å². The Morgan fingerprint density at radius 3 is 2.50 bits per heavy atom. The molecule has 0 aromatic heterocycles. The highest BCUT2D eigenvalue weighted by Gasteiger charge is 2.21. The zero-order valence-corrected chi connectivity index (χ0v) is 11.7. The number of aryl methyl sites for hydroxylation is 2. The molecule has 1 saturated heterocycles. The van der Waals surface area contributed by atoms with Gasteiger partial charge in [0.25, 0.3) is 0 Å². The van der Waals surface area contributed by atoms with E-state index in [9.17, 15) is 4.79 Å². The molecule has 0 bridgehead atoms. The molecule has 2 rings (SSSR count).